The lowest BCUT2D eigenvalue weighted by Gasteiger charge is -1.92. The van der Waals surface area contributed by atoms with E-state index in [9.17, 15) is 9.59 Å². The minimum absolute atomic E-state index is 0.319. The van der Waals surface area contributed by atoms with E-state index >= 15 is 0 Å². The zero-order valence-electron chi connectivity index (χ0n) is 6.01. The second-order valence-corrected chi connectivity index (χ2v) is 3.18. The molecule has 1 aromatic rings. The Morgan fingerprint density at radius 1 is 1.55 bits per heavy atom. The Balaban J connectivity index is 3.10. The van der Waals surface area contributed by atoms with Crippen LogP contribution in [0.2, 0.25) is 0 Å². The van der Waals surface area contributed by atoms with Crippen molar-refractivity contribution in [3.8, 4) is 0 Å². The highest BCUT2D eigenvalue weighted by Crippen LogP contribution is 2.08. The van der Waals surface area contributed by atoms with E-state index in [2.05, 4.69) is 9.97 Å². The Hall–Kier alpha value is -0.970. The fraction of sp³-hybridized carbons (Fsp3) is 0.333. The molecule has 0 fully saturated rings. The Morgan fingerprint density at radius 3 is 2.82 bits per heavy atom. The number of aromatic amines is 2. The number of rotatable bonds is 2. The largest absolute Gasteiger partial charge is 0.325 e. The molecule has 4 nitrogen and oxygen atoms in total. The first-order valence-corrected chi connectivity index (χ1v) is 4.17. The summed E-state index contributed by atoms with van der Waals surface area (Å²) in [6, 6.07) is 0. The van der Waals surface area contributed by atoms with E-state index in [1.807, 2.05) is 6.92 Å². The van der Waals surface area contributed by atoms with E-state index in [1.165, 1.54) is 18.0 Å². The molecule has 0 spiro atoms. The number of nitrogens with one attached hydrogen (secondary N) is 2. The van der Waals surface area contributed by atoms with Crippen LogP contribution in [-0.4, -0.2) is 15.7 Å². The molecule has 0 aliphatic carbocycles. The average molecular weight is 172 g/mol. The van der Waals surface area contributed by atoms with Crippen molar-refractivity contribution >= 4 is 11.8 Å². The molecule has 0 bridgehead atoms. The lowest BCUT2D eigenvalue weighted by atomic mass is 10.7. The fourth-order valence-electron chi connectivity index (χ4n) is 0.660. The first-order valence-electron chi connectivity index (χ1n) is 3.19. The van der Waals surface area contributed by atoms with Gasteiger partial charge in [0, 0.05) is 6.20 Å². The summed E-state index contributed by atoms with van der Waals surface area (Å²) >= 11 is 1.40. The van der Waals surface area contributed by atoms with Crippen LogP contribution in [0.4, 0.5) is 0 Å². The van der Waals surface area contributed by atoms with Crippen molar-refractivity contribution in [3.63, 3.8) is 0 Å². The molecule has 2 N–H and O–H groups in total. The SMILES string of the molecule is CCSc1c[nH]c(=O)[nH]c1=O. The third kappa shape index (κ3) is 1.98. The molecule has 11 heavy (non-hydrogen) atoms. The summed E-state index contributed by atoms with van der Waals surface area (Å²) in [5, 5.41) is 0. The van der Waals surface area contributed by atoms with Crippen LogP contribution in [-0.2, 0) is 0 Å². The van der Waals surface area contributed by atoms with E-state index in [-0.39, 0.29) is 5.56 Å². The average Bonchev–Trinajstić information content (AvgIpc) is 1.95. The summed E-state index contributed by atoms with van der Waals surface area (Å²) in [6.45, 7) is 1.94. The van der Waals surface area contributed by atoms with Gasteiger partial charge in [-0.1, -0.05) is 6.92 Å². The number of H-pyrrole nitrogens is 2. The minimum Gasteiger partial charge on any atom is -0.313 e. The maximum absolute atomic E-state index is 10.9. The van der Waals surface area contributed by atoms with Crippen LogP contribution in [0.25, 0.3) is 0 Å². The maximum Gasteiger partial charge on any atom is 0.325 e. The van der Waals surface area contributed by atoms with Crippen LogP contribution < -0.4 is 11.2 Å². The molecule has 0 atom stereocenters. The molecule has 0 saturated carbocycles. The standard InChI is InChI=1S/C6H8N2O2S/c1-2-11-4-3-7-6(10)8-5(4)9/h3H,2H2,1H3,(H2,7,8,9,10). The van der Waals surface area contributed by atoms with Crippen molar-refractivity contribution < 1.29 is 0 Å². The highest BCUT2D eigenvalue weighted by molar-refractivity contribution is 7.99. The summed E-state index contributed by atoms with van der Waals surface area (Å²) in [5.41, 5.74) is -0.781. The monoisotopic (exact) mass is 172 g/mol. The van der Waals surface area contributed by atoms with Gasteiger partial charge in [0.1, 0.15) is 0 Å². The highest BCUT2D eigenvalue weighted by atomic mass is 32.2. The molecule has 1 aromatic heterocycles. The lowest BCUT2D eigenvalue weighted by molar-refractivity contribution is 0.976. The van der Waals surface area contributed by atoms with Gasteiger partial charge < -0.3 is 4.98 Å². The molecule has 5 heteroatoms. The Morgan fingerprint density at radius 2 is 2.27 bits per heavy atom. The zero-order chi connectivity index (χ0) is 8.27. The van der Waals surface area contributed by atoms with Gasteiger partial charge in [0.05, 0.1) is 4.90 Å². The van der Waals surface area contributed by atoms with Gasteiger partial charge in [-0.2, -0.15) is 0 Å². The fourth-order valence-corrected chi connectivity index (χ4v) is 1.30. The Kier molecular flexibility index (Phi) is 2.53. The number of hydrogen-bond donors (Lipinski definition) is 2. The Labute approximate surface area is 67.0 Å². The molecular formula is C6H8N2O2S. The molecule has 0 radical (unpaired) electrons. The molecule has 1 heterocycles. The molecule has 0 aliphatic rings. The van der Waals surface area contributed by atoms with Crippen LogP contribution in [0.3, 0.4) is 0 Å². The van der Waals surface area contributed by atoms with E-state index in [0.29, 0.717) is 4.90 Å². The predicted octanol–water partition coefficient (Wildman–Crippen LogP) is 0.175. The minimum atomic E-state index is -0.463. The van der Waals surface area contributed by atoms with Crippen molar-refractivity contribution in [2.45, 2.75) is 11.8 Å². The van der Waals surface area contributed by atoms with Crippen LogP contribution in [0.5, 0.6) is 0 Å². The summed E-state index contributed by atoms with van der Waals surface area (Å²) in [5.74, 6) is 0.815. The third-order valence-electron chi connectivity index (χ3n) is 1.09. The van der Waals surface area contributed by atoms with Gasteiger partial charge in [-0.3, -0.25) is 9.78 Å². The van der Waals surface area contributed by atoms with Gasteiger partial charge >= 0.3 is 5.69 Å². The maximum atomic E-state index is 10.9. The molecular weight excluding hydrogens is 164 g/mol. The van der Waals surface area contributed by atoms with Gasteiger partial charge in [0.15, 0.2) is 0 Å². The second kappa shape index (κ2) is 3.43. The van der Waals surface area contributed by atoms with Crippen molar-refractivity contribution in [2.75, 3.05) is 5.75 Å². The third-order valence-corrected chi connectivity index (χ3v) is 1.99. The van der Waals surface area contributed by atoms with Gasteiger partial charge in [-0.25, -0.2) is 4.79 Å². The van der Waals surface area contributed by atoms with E-state index in [4.69, 9.17) is 0 Å². The van der Waals surface area contributed by atoms with E-state index in [0.717, 1.165) is 5.75 Å². The van der Waals surface area contributed by atoms with Crippen molar-refractivity contribution in [1.82, 2.24) is 9.97 Å². The highest BCUT2D eigenvalue weighted by Gasteiger charge is 1.97. The summed E-state index contributed by atoms with van der Waals surface area (Å²) in [4.78, 5) is 26.5. The lowest BCUT2D eigenvalue weighted by Crippen LogP contribution is -2.22. The smallest absolute Gasteiger partial charge is 0.313 e. The number of thioether (sulfide) groups is 1. The quantitative estimate of drug-likeness (QED) is 0.625. The van der Waals surface area contributed by atoms with Crippen molar-refractivity contribution in [1.29, 1.82) is 0 Å². The zero-order valence-corrected chi connectivity index (χ0v) is 6.83. The Bertz CT molecular complexity index is 341. The van der Waals surface area contributed by atoms with Gasteiger partial charge in [-0.15, -0.1) is 11.8 Å². The molecule has 0 amide bonds. The summed E-state index contributed by atoms with van der Waals surface area (Å²) in [6.07, 6.45) is 1.43. The van der Waals surface area contributed by atoms with Crippen molar-refractivity contribution in [3.05, 3.63) is 27.0 Å². The molecule has 0 aliphatic heterocycles. The molecule has 1 rings (SSSR count). The molecule has 0 saturated heterocycles. The second-order valence-electron chi connectivity index (χ2n) is 1.87. The summed E-state index contributed by atoms with van der Waals surface area (Å²) < 4.78 is 0. The molecule has 0 unspecified atom stereocenters. The number of aromatic nitrogens is 2. The first kappa shape index (κ1) is 8.13. The number of hydrogen-bond acceptors (Lipinski definition) is 3. The van der Waals surface area contributed by atoms with Crippen molar-refractivity contribution in [2.24, 2.45) is 0 Å². The first-order chi connectivity index (χ1) is 5.24. The van der Waals surface area contributed by atoms with Gasteiger partial charge in [0.2, 0.25) is 0 Å². The van der Waals surface area contributed by atoms with Crippen LogP contribution in [0.1, 0.15) is 6.92 Å². The summed E-state index contributed by atoms with van der Waals surface area (Å²) in [7, 11) is 0. The molecule has 60 valence electrons. The van der Waals surface area contributed by atoms with Crippen LogP contribution >= 0.6 is 11.8 Å². The van der Waals surface area contributed by atoms with Crippen LogP contribution in [0.15, 0.2) is 20.7 Å². The topological polar surface area (TPSA) is 65.7 Å². The van der Waals surface area contributed by atoms with E-state index in [1.54, 1.807) is 0 Å². The van der Waals surface area contributed by atoms with Crippen LogP contribution in [0, 0.1) is 0 Å². The normalized spacial score (nSPS) is 9.91. The van der Waals surface area contributed by atoms with E-state index < -0.39 is 5.69 Å². The van der Waals surface area contributed by atoms with Gasteiger partial charge in [0.25, 0.3) is 5.56 Å². The van der Waals surface area contributed by atoms with Gasteiger partial charge in [-0.05, 0) is 5.75 Å². The molecule has 0 aromatic carbocycles. The predicted molar refractivity (Wildman–Crippen MR) is 44.1 cm³/mol.